The van der Waals surface area contributed by atoms with Crippen LogP contribution in [0, 0.1) is 5.82 Å². The summed E-state index contributed by atoms with van der Waals surface area (Å²) in [6, 6.07) is 6.02. The van der Waals surface area contributed by atoms with E-state index in [4.69, 9.17) is 0 Å². The minimum absolute atomic E-state index is 0.0438. The summed E-state index contributed by atoms with van der Waals surface area (Å²) in [5.74, 6) is 0.255. The fraction of sp³-hybridized carbons (Fsp3) is 0.316. The van der Waals surface area contributed by atoms with Crippen molar-refractivity contribution in [2.75, 3.05) is 18.8 Å². The maximum Gasteiger partial charge on any atom is 0.293 e. The summed E-state index contributed by atoms with van der Waals surface area (Å²) in [5, 5.41) is 9.71. The largest absolute Gasteiger partial charge is 0.354 e. The fourth-order valence-corrected chi connectivity index (χ4v) is 4.27. The third-order valence-electron chi connectivity index (χ3n) is 4.50. The molecular formula is C19H18FN5O3S2. The predicted molar refractivity (Wildman–Crippen MR) is 111 cm³/mol. The monoisotopic (exact) mass is 447 g/mol. The van der Waals surface area contributed by atoms with E-state index in [2.05, 4.69) is 20.5 Å². The van der Waals surface area contributed by atoms with Crippen molar-refractivity contribution in [3.63, 3.8) is 0 Å². The molecule has 11 heteroatoms. The highest BCUT2D eigenvalue weighted by Crippen LogP contribution is 2.38. The third-order valence-corrected chi connectivity index (χ3v) is 6.26. The van der Waals surface area contributed by atoms with Crippen LogP contribution in [0.5, 0.6) is 0 Å². The molecule has 1 aliphatic carbocycles. The molecule has 2 fully saturated rings. The van der Waals surface area contributed by atoms with Gasteiger partial charge in [-0.3, -0.25) is 24.4 Å². The standard InChI is InChI=1S/C19H18FN5O3S2/c20-13-4-2-1-3-12(13)9-14-17(27)25(19(28)30-14)8-7-21-15(26)10-29-18-22-16(23-24-18)11-5-6-11/h1-4,9,11H,5-8,10H2,(H,21,26)(H,22,23,24)/b14-9-. The van der Waals surface area contributed by atoms with Crippen LogP contribution in [0.3, 0.4) is 0 Å². The summed E-state index contributed by atoms with van der Waals surface area (Å²) in [6.07, 6.45) is 3.59. The van der Waals surface area contributed by atoms with Crippen molar-refractivity contribution in [3.8, 4) is 0 Å². The maximum atomic E-state index is 13.8. The number of nitrogens with zero attached hydrogens (tertiary/aromatic N) is 3. The minimum atomic E-state index is -0.495. The number of amides is 3. The Labute approximate surface area is 180 Å². The molecule has 1 aliphatic heterocycles. The normalized spacial score (nSPS) is 17.8. The SMILES string of the molecule is O=C(CSc1n[nH]c(C2CC2)n1)NCCN1C(=O)S/C(=C\c2ccccc2F)C1=O. The number of hydrogen-bond donors (Lipinski definition) is 2. The van der Waals surface area contributed by atoms with Crippen LogP contribution in [0.15, 0.2) is 34.3 Å². The number of imide groups is 1. The Balaban J connectivity index is 1.24. The summed E-state index contributed by atoms with van der Waals surface area (Å²) < 4.78 is 13.8. The number of H-pyrrole nitrogens is 1. The van der Waals surface area contributed by atoms with Crippen molar-refractivity contribution >= 4 is 46.7 Å². The maximum absolute atomic E-state index is 13.8. The smallest absolute Gasteiger partial charge is 0.293 e. The van der Waals surface area contributed by atoms with Crippen molar-refractivity contribution in [3.05, 3.63) is 46.4 Å². The van der Waals surface area contributed by atoms with Gasteiger partial charge in [-0.1, -0.05) is 30.0 Å². The molecule has 1 aromatic carbocycles. The number of carbonyl (C=O) groups is 3. The molecule has 0 spiro atoms. The van der Waals surface area contributed by atoms with E-state index in [1.54, 1.807) is 12.1 Å². The van der Waals surface area contributed by atoms with Gasteiger partial charge < -0.3 is 5.32 Å². The zero-order valence-corrected chi connectivity index (χ0v) is 17.4. The zero-order valence-electron chi connectivity index (χ0n) is 15.8. The molecule has 1 aromatic heterocycles. The number of thioether (sulfide) groups is 2. The lowest BCUT2D eigenvalue weighted by molar-refractivity contribution is -0.123. The Morgan fingerprint density at radius 3 is 2.93 bits per heavy atom. The molecule has 156 valence electrons. The highest BCUT2D eigenvalue weighted by atomic mass is 32.2. The van der Waals surface area contributed by atoms with Gasteiger partial charge in [0.05, 0.1) is 10.7 Å². The topological polar surface area (TPSA) is 108 Å². The van der Waals surface area contributed by atoms with Crippen molar-refractivity contribution in [1.29, 1.82) is 0 Å². The van der Waals surface area contributed by atoms with E-state index in [0.717, 1.165) is 35.3 Å². The number of aromatic amines is 1. The summed E-state index contributed by atoms with van der Waals surface area (Å²) in [5.41, 5.74) is 0.241. The molecule has 2 heterocycles. The van der Waals surface area contributed by atoms with E-state index in [1.165, 1.54) is 30.0 Å². The van der Waals surface area contributed by atoms with Gasteiger partial charge in [-0.05, 0) is 36.7 Å². The van der Waals surface area contributed by atoms with Gasteiger partial charge in [0.25, 0.3) is 11.1 Å². The molecule has 2 aliphatic rings. The molecule has 3 amide bonds. The average Bonchev–Trinajstić information content (AvgIpc) is 3.41. The molecule has 8 nitrogen and oxygen atoms in total. The number of halogens is 1. The van der Waals surface area contributed by atoms with Gasteiger partial charge in [0.15, 0.2) is 0 Å². The first-order valence-corrected chi connectivity index (χ1v) is 11.1. The summed E-state index contributed by atoms with van der Waals surface area (Å²) in [7, 11) is 0. The molecule has 30 heavy (non-hydrogen) atoms. The first-order valence-electron chi connectivity index (χ1n) is 9.33. The van der Waals surface area contributed by atoms with Crippen molar-refractivity contribution in [2.24, 2.45) is 0 Å². The van der Waals surface area contributed by atoms with Crippen molar-refractivity contribution in [2.45, 2.75) is 23.9 Å². The Hall–Kier alpha value is -2.66. The number of carbonyl (C=O) groups excluding carboxylic acids is 3. The lowest BCUT2D eigenvalue weighted by Gasteiger charge is -2.12. The van der Waals surface area contributed by atoms with Crippen LogP contribution in [0.4, 0.5) is 9.18 Å². The van der Waals surface area contributed by atoms with Gasteiger partial charge in [0, 0.05) is 24.6 Å². The Morgan fingerprint density at radius 1 is 1.37 bits per heavy atom. The molecule has 0 bridgehead atoms. The lowest BCUT2D eigenvalue weighted by Crippen LogP contribution is -2.37. The van der Waals surface area contributed by atoms with Gasteiger partial charge in [-0.15, -0.1) is 5.10 Å². The van der Waals surface area contributed by atoms with E-state index < -0.39 is 17.0 Å². The van der Waals surface area contributed by atoms with Crippen molar-refractivity contribution < 1.29 is 18.8 Å². The van der Waals surface area contributed by atoms with Gasteiger partial charge >= 0.3 is 0 Å². The molecule has 1 saturated carbocycles. The van der Waals surface area contributed by atoms with Gasteiger partial charge in [0.1, 0.15) is 11.6 Å². The molecule has 4 rings (SSSR count). The quantitative estimate of drug-likeness (QED) is 0.473. The van der Waals surface area contributed by atoms with Crippen LogP contribution >= 0.6 is 23.5 Å². The highest BCUT2D eigenvalue weighted by molar-refractivity contribution is 8.18. The number of benzene rings is 1. The summed E-state index contributed by atoms with van der Waals surface area (Å²) >= 11 is 1.98. The third kappa shape index (κ3) is 4.90. The van der Waals surface area contributed by atoms with Gasteiger partial charge in [-0.25, -0.2) is 9.37 Å². The summed E-state index contributed by atoms with van der Waals surface area (Å²) in [4.78, 5) is 42.1. The Morgan fingerprint density at radius 2 is 2.17 bits per heavy atom. The molecule has 0 atom stereocenters. The van der Waals surface area contributed by atoms with Crippen molar-refractivity contribution in [1.82, 2.24) is 25.4 Å². The first-order chi connectivity index (χ1) is 14.5. The lowest BCUT2D eigenvalue weighted by atomic mass is 10.2. The van der Waals surface area contributed by atoms with Crippen LogP contribution in [0.2, 0.25) is 0 Å². The van der Waals surface area contributed by atoms with E-state index in [1.807, 2.05) is 0 Å². The molecule has 2 aromatic rings. The van der Waals surface area contributed by atoms with Crippen LogP contribution in [0.25, 0.3) is 6.08 Å². The predicted octanol–water partition coefficient (Wildman–Crippen LogP) is 2.77. The minimum Gasteiger partial charge on any atom is -0.354 e. The van der Waals surface area contributed by atoms with Gasteiger partial charge in [-0.2, -0.15) is 0 Å². The van der Waals surface area contributed by atoms with E-state index in [9.17, 15) is 18.8 Å². The molecule has 0 radical (unpaired) electrons. The second-order valence-electron chi connectivity index (χ2n) is 6.77. The number of nitrogens with one attached hydrogen (secondary N) is 2. The number of hydrogen-bond acceptors (Lipinski definition) is 7. The van der Waals surface area contributed by atoms with E-state index in [-0.39, 0.29) is 35.2 Å². The second kappa shape index (κ2) is 9.00. The average molecular weight is 448 g/mol. The number of rotatable bonds is 8. The summed E-state index contributed by atoms with van der Waals surface area (Å²) in [6.45, 7) is 0.175. The van der Waals surface area contributed by atoms with Crippen LogP contribution in [0.1, 0.15) is 30.1 Å². The van der Waals surface area contributed by atoms with Crippen LogP contribution in [-0.2, 0) is 9.59 Å². The van der Waals surface area contributed by atoms with E-state index >= 15 is 0 Å². The molecule has 1 saturated heterocycles. The molecular weight excluding hydrogens is 429 g/mol. The first kappa shape index (κ1) is 20.6. The second-order valence-corrected chi connectivity index (χ2v) is 8.71. The number of aromatic nitrogens is 3. The fourth-order valence-electron chi connectivity index (χ4n) is 2.78. The van der Waals surface area contributed by atoms with Gasteiger partial charge in [0.2, 0.25) is 11.1 Å². The zero-order chi connectivity index (χ0) is 21.1. The molecule has 0 unspecified atom stereocenters. The van der Waals surface area contributed by atoms with Crippen LogP contribution < -0.4 is 5.32 Å². The van der Waals surface area contributed by atoms with E-state index in [0.29, 0.717) is 11.1 Å². The Bertz CT molecular complexity index is 1020. The highest BCUT2D eigenvalue weighted by Gasteiger charge is 2.34. The van der Waals surface area contributed by atoms with Crippen LogP contribution in [-0.4, -0.2) is 56.0 Å². The Kier molecular flexibility index (Phi) is 6.18. The molecule has 2 N–H and O–H groups in total.